The number of rotatable bonds is 7. The number of hydrogen-bond donors (Lipinski definition) is 1. The lowest BCUT2D eigenvalue weighted by Crippen LogP contribution is -2.36. The predicted molar refractivity (Wildman–Crippen MR) is 83.4 cm³/mol. The van der Waals surface area contributed by atoms with E-state index in [2.05, 4.69) is 0 Å². The molecule has 2 aromatic rings. The molecule has 0 fully saturated rings. The van der Waals surface area contributed by atoms with E-state index in [1.807, 2.05) is 41.8 Å². The van der Waals surface area contributed by atoms with Crippen molar-refractivity contribution in [1.29, 1.82) is 0 Å². The van der Waals surface area contributed by atoms with Gasteiger partial charge in [0.05, 0.1) is 24.2 Å². The molecule has 1 heterocycles. The molecule has 4 nitrogen and oxygen atoms in total. The normalized spacial score (nSPS) is 12.1. The van der Waals surface area contributed by atoms with Gasteiger partial charge < -0.3 is 14.7 Å². The molecule has 1 amide bonds. The molecule has 2 rings (SSSR count). The maximum Gasteiger partial charge on any atom is 0.263 e. The first-order valence-corrected chi connectivity index (χ1v) is 7.63. The number of ether oxygens (including phenoxy) is 1. The van der Waals surface area contributed by atoms with Gasteiger partial charge in [-0.25, -0.2) is 0 Å². The Morgan fingerprint density at radius 3 is 2.71 bits per heavy atom. The van der Waals surface area contributed by atoms with Crippen molar-refractivity contribution in [3.05, 3.63) is 58.3 Å². The highest BCUT2D eigenvalue weighted by molar-refractivity contribution is 7.12. The number of amides is 1. The molecule has 0 bridgehead atoms. The monoisotopic (exact) mass is 305 g/mol. The first-order chi connectivity index (χ1) is 10.2. The smallest absolute Gasteiger partial charge is 0.263 e. The highest BCUT2D eigenvalue weighted by atomic mass is 32.1. The summed E-state index contributed by atoms with van der Waals surface area (Å²) in [6.07, 6.45) is -0.692. The zero-order chi connectivity index (χ0) is 15.1. The van der Waals surface area contributed by atoms with Crippen molar-refractivity contribution in [2.75, 3.05) is 20.2 Å². The Morgan fingerprint density at radius 1 is 1.29 bits per heavy atom. The summed E-state index contributed by atoms with van der Waals surface area (Å²) in [6.45, 7) is 0.920. The topological polar surface area (TPSA) is 49.8 Å². The van der Waals surface area contributed by atoms with E-state index in [-0.39, 0.29) is 19.1 Å². The summed E-state index contributed by atoms with van der Waals surface area (Å²) in [7, 11) is 1.68. The van der Waals surface area contributed by atoms with Gasteiger partial charge >= 0.3 is 0 Å². The van der Waals surface area contributed by atoms with Crippen LogP contribution >= 0.6 is 11.3 Å². The minimum atomic E-state index is -0.692. The van der Waals surface area contributed by atoms with Crippen molar-refractivity contribution in [3.8, 4) is 0 Å². The van der Waals surface area contributed by atoms with Gasteiger partial charge in [0.25, 0.3) is 5.91 Å². The third-order valence-corrected chi connectivity index (χ3v) is 3.84. The van der Waals surface area contributed by atoms with Crippen LogP contribution in [0.5, 0.6) is 0 Å². The molecule has 1 atom stereocenters. The van der Waals surface area contributed by atoms with E-state index in [1.54, 1.807) is 13.1 Å². The molecule has 21 heavy (non-hydrogen) atoms. The van der Waals surface area contributed by atoms with Crippen molar-refractivity contribution in [2.45, 2.75) is 12.7 Å². The van der Waals surface area contributed by atoms with E-state index < -0.39 is 6.10 Å². The molecule has 1 aromatic carbocycles. The maximum absolute atomic E-state index is 12.0. The Hall–Kier alpha value is -1.69. The summed E-state index contributed by atoms with van der Waals surface area (Å²) in [5, 5.41) is 11.8. The van der Waals surface area contributed by atoms with Gasteiger partial charge in [-0.15, -0.1) is 11.3 Å². The Kier molecular flexibility index (Phi) is 5.92. The molecule has 1 unspecified atom stereocenters. The number of aliphatic hydroxyl groups is 1. The fourth-order valence-electron chi connectivity index (χ4n) is 1.93. The van der Waals surface area contributed by atoms with Crippen LogP contribution in [0.3, 0.4) is 0 Å². The van der Waals surface area contributed by atoms with Crippen LogP contribution in [0.1, 0.15) is 15.2 Å². The number of benzene rings is 1. The molecule has 0 aliphatic rings. The lowest BCUT2D eigenvalue weighted by atomic mass is 10.2. The number of carbonyl (C=O) groups excluding carboxylic acids is 1. The highest BCUT2D eigenvalue weighted by Crippen LogP contribution is 2.11. The van der Waals surface area contributed by atoms with Crippen molar-refractivity contribution >= 4 is 17.2 Å². The van der Waals surface area contributed by atoms with Crippen LogP contribution in [0.15, 0.2) is 47.8 Å². The van der Waals surface area contributed by atoms with Crippen LogP contribution in [0.4, 0.5) is 0 Å². The molecule has 0 spiro atoms. The van der Waals surface area contributed by atoms with Crippen molar-refractivity contribution in [1.82, 2.24) is 4.90 Å². The summed E-state index contributed by atoms with van der Waals surface area (Å²) in [5.74, 6) is -0.0768. The molecule has 0 aliphatic heterocycles. The number of nitrogens with zero attached hydrogens (tertiary/aromatic N) is 1. The second-order valence-electron chi connectivity index (χ2n) is 4.82. The second kappa shape index (κ2) is 7.93. The first-order valence-electron chi connectivity index (χ1n) is 6.75. The van der Waals surface area contributed by atoms with Gasteiger partial charge in [-0.2, -0.15) is 0 Å². The molecule has 112 valence electrons. The van der Waals surface area contributed by atoms with Crippen molar-refractivity contribution < 1.29 is 14.6 Å². The van der Waals surface area contributed by atoms with E-state index in [1.165, 1.54) is 16.2 Å². The fourth-order valence-corrected chi connectivity index (χ4v) is 2.64. The van der Waals surface area contributed by atoms with Gasteiger partial charge in [0.1, 0.15) is 0 Å². The minimum absolute atomic E-state index is 0.0768. The molecule has 0 saturated heterocycles. The van der Waals surface area contributed by atoms with Crippen LogP contribution in [-0.4, -0.2) is 42.2 Å². The zero-order valence-corrected chi connectivity index (χ0v) is 12.8. The third-order valence-electron chi connectivity index (χ3n) is 2.99. The summed E-state index contributed by atoms with van der Waals surface area (Å²) >= 11 is 1.40. The van der Waals surface area contributed by atoms with Crippen molar-refractivity contribution in [2.24, 2.45) is 0 Å². The quantitative estimate of drug-likeness (QED) is 0.854. The van der Waals surface area contributed by atoms with Crippen LogP contribution < -0.4 is 0 Å². The number of likely N-dealkylation sites (N-methyl/N-ethyl adjacent to an activating group) is 1. The highest BCUT2D eigenvalue weighted by Gasteiger charge is 2.16. The summed E-state index contributed by atoms with van der Waals surface area (Å²) in [6, 6.07) is 13.4. The lowest BCUT2D eigenvalue weighted by Gasteiger charge is -2.20. The van der Waals surface area contributed by atoms with Crippen molar-refractivity contribution in [3.63, 3.8) is 0 Å². The molecule has 1 N–H and O–H groups in total. The number of thiophene rings is 1. The van der Waals surface area contributed by atoms with E-state index >= 15 is 0 Å². The summed E-state index contributed by atoms with van der Waals surface area (Å²) in [4.78, 5) is 14.2. The molecular formula is C16H19NO3S. The van der Waals surface area contributed by atoms with E-state index in [4.69, 9.17) is 4.74 Å². The SMILES string of the molecule is CN(CC(O)COCc1ccccc1)C(=O)c1cccs1. The van der Waals surface area contributed by atoms with E-state index in [0.717, 1.165) is 5.56 Å². The largest absolute Gasteiger partial charge is 0.389 e. The summed E-state index contributed by atoms with van der Waals surface area (Å²) in [5.41, 5.74) is 1.06. The Labute approximate surface area is 128 Å². The van der Waals surface area contributed by atoms with Crippen LogP contribution in [-0.2, 0) is 11.3 Å². The minimum Gasteiger partial charge on any atom is -0.389 e. The van der Waals surface area contributed by atoms with Crippen LogP contribution in [0.2, 0.25) is 0 Å². The predicted octanol–water partition coefficient (Wildman–Crippen LogP) is 2.40. The van der Waals surface area contributed by atoms with Gasteiger partial charge in [0, 0.05) is 13.6 Å². The average Bonchev–Trinajstić information content (AvgIpc) is 3.01. The average molecular weight is 305 g/mol. The number of carbonyl (C=O) groups is 1. The van der Waals surface area contributed by atoms with Gasteiger partial charge in [-0.05, 0) is 17.0 Å². The number of aliphatic hydroxyl groups excluding tert-OH is 1. The molecular weight excluding hydrogens is 286 g/mol. The van der Waals surface area contributed by atoms with Crippen LogP contribution in [0.25, 0.3) is 0 Å². The van der Waals surface area contributed by atoms with Gasteiger partial charge in [0.2, 0.25) is 0 Å². The standard InChI is InChI=1S/C16H19NO3S/c1-17(16(19)15-8-5-9-21-15)10-14(18)12-20-11-13-6-3-2-4-7-13/h2-9,14,18H,10-12H2,1H3. The van der Waals surface area contributed by atoms with Gasteiger partial charge in [-0.3, -0.25) is 4.79 Å². The molecule has 0 radical (unpaired) electrons. The molecule has 1 aromatic heterocycles. The Balaban J connectivity index is 1.71. The van der Waals surface area contributed by atoms with Gasteiger partial charge in [-0.1, -0.05) is 36.4 Å². The Bertz CT molecular complexity index is 542. The lowest BCUT2D eigenvalue weighted by molar-refractivity contribution is 0.0138. The third kappa shape index (κ3) is 4.97. The number of hydrogen-bond acceptors (Lipinski definition) is 4. The molecule has 5 heteroatoms. The zero-order valence-electron chi connectivity index (χ0n) is 11.9. The molecule has 0 saturated carbocycles. The van der Waals surface area contributed by atoms with E-state index in [0.29, 0.717) is 11.5 Å². The first kappa shape index (κ1) is 15.7. The molecule has 0 aliphatic carbocycles. The van der Waals surface area contributed by atoms with E-state index in [9.17, 15) is 9.90 Å². The Morgan fingerprint density at radius 2 is 2.05 bits per heavy atom. The van der Waals surface area contributed by atoms with Crippen LogP contribution in [0, 0.1) is 0 Å². The van der Waals surface area contributed by atoms with Gasteiger partial charge in [0.15, 0.2) is 0 Å². The fraction of sp³-hybridized carbons (Fsp3) is 0.312. The second-order valence-corrected chi connectivity index (χ2v) is 5.77. The maximum atomic E-state index is 12.0. The summed E-state index contributed by atoms with van der Waals surface area (Å²) < 4.78 is 5.47.